The van der Waals surface area contributed by atoms with E-state index >= 15 is 0 Å². The summed E-state index contributed by atoms with van der Waals surface area (Å²) in [5.41, 5.74) is 3.26. The van der Waals surface area contributed by atoms with Crippen molar-refractivity contribution in [2.45, 2.75) is 49.6 Å². The van der Waals surface area contributed by atoms with Crippen molar-refractivity contribution in [3.8, 4) is 11.1 Å². The van der Waals surface area contributed by atoms with Gasteiger partial charge < -0.3 is 0 Å². The number of rotatable bonds is 3. The lowest BCUT2D eigenvalue weighted by atomic mass is 10.0. The van der Waals surface area contributed by atoms with Crippen molar-refractivity contribution in [3.05, 3.63) is 54.1 Å². The van der Waals surface area contributed by atoms with Crippen LogP contribution in [0.2, 0.25) is 0 Å². The van der Waals surface area contributed by atoms with Crippen LogP contribution in [0.15, 0.2) is 53.4 Å². The second kappa shape index (κ2) is 6.07. The fourth-order valence-electron chi connectivity index (χ4n) is 4.01. The van der Waals surface area contributed by atoms with Crippen molar-refractivity contribution in [1.29, 1.82) is 0 Å². The van der Waals surface area contributed by atoms with Gasteiger partial charge in [0.15, 0.2) is 0 Å². The van der Waals surface area contributed by atoms with Crippen LogP contribution < -0.4 is 0 Å². The van der Waals surface area contributed by atoms with Gasteiger partial charge in [0.25, 0.3) is 0 Å². The summed E-state index contributed by atoms with van der Waals surface area (Å²) in [6.07, 6.45) is 2.29. The molecular weight excluding hydrogens is 334 g/mol. The topological polar surface area (TPSA) is 54.5 Å². The molecule has 2 atom stereocenters. The van der Waals surface area contributed by atoms with E-state index in [9.17, 15) is 13.2 Å². The van der Waals surface area contributed by atoms with Crippen LogP contribution in [0, 0.1) is 6.92 Å². The number of sulfonamides is 1. The van der Waals surface area contributed by atoms with Crippen LogP contribution in [0.1, 0.15) is 31.2 Å². The molecule has 2 fully saturated rings. The third kappa shape index (κ3) is 2.92. The molecular formula is C20H21NO3S. The largest absolute Gasteiger partial charge is 0.300 e. The Kier molecular flexibility index (Phi) is 4.01. The molecule has 0 spiro atoms. The molecule has 2 bridgehead atoms. The maximum absolute atomic E-state index is 13.1. The van der Waals surface area contributed by atoms with Gasteiger partial charge in [0.1, 0.15) is 5.78 Å². The molecule has 2 aromatic rings. The summed E-state index contributed by atoms with van der Waals surface area (Å²) >= 11 is 0. The van der Waals surface area contributed by atoms with Gasteiger partial charge in [-0.2, -0.15) is 4.31 Å². The Bertz CT molecular complexity index is 885. The minimum absolute atomic E-state index is 0.159. The standard InChI is InChI=1S/C20H21NO3S/c1-14-2-4-15(5-3-14)16-6-10-20(11-7-16)25(23,24)21-17-8-9-18(21)13-19(22)12-17/h2-7,10-11,17-18H,8-9,12-13H2,1H3. The van der Waals surface area contributed by atoms with E-state index in [-0.39, 0.29) is 17.9 Å². The van der Waals surface area contributed by atoms with Gasteiger partial charge in [-0.3, -0.25) is 4.79 Å². The number of carbonyl (C=O) groups excluding carboxylic acids is 1. The number of piperidine rings is 1. The smallest absolute Gasteiger partial charge is 0.243 e. The summed E-state index contributed by atoms with van der Waals surface area (Å²) in [5, 5.41) is 0. The van der Waals surface area contributed by atoms with Gasteiger partial charge in [-0.05, 0) is 43.0 Å². The first-order valence-corrected chi connectivity index (χ1v) is 10.1. The molecule has 4 nitrogen and oxygen atoms in total. The molecule has 0 amide bonds. The van der Waals surface area contributed by atoms with Gasteiger partial charge >= 0.3 is 0 Å². The predicted octanol–water partition coefficient (Wildman–Crippen LogP) is 3.55. The lowest BCUT2D eigenvalue weighted by molar-refractivity contribution is -0.122. The fraction of sp³-hybridized carbons (Fsp3) is 0.350. The van der Waals surface area contributed by atoms with Gasteiger partial charge in [-0.25, -0.2) is 8.42 Å². The molecule has 0 radical (unpaired) electrons. The predicted molar refractivity (Wildman–Crippen MR) is 96.7 cm³/mol. The van der Waals surface area contributed by atoms with Crippen LogP contribution >= 0.6 is 0 Å². The Hall–Kier alpha value is -1.98. The van der Waals surface area contributed by atoms with Crippen molar-refractivity contribution in [3.63, 3.8) is 0 Å². The molecule has 2 heterocycles. The van der Waals surface area contributed by atoms with Crippen molar-refractivity contribution < 1.29 is 13.2 Å². The highest BCUT2D eigenvalue weighted by Crippen LogP contribution is 2.38. The quantitative estimate of drug-likeness (QED) is 0.846. The number of hydrogen-bond acceptors (Lipinski definition) is 3. The van der Waals surface area contributed by atoms with E-state index in [0.717, 1.165) is 24.0 Å². The average Bonchev–Trinajstić information content (AvgIpc) is 2.89. The first-order valence-electron chi connectivity index (χ1n) is 8.67. The monoisotopic (exact) mass is 355 g/mol. The highest BCUT2D eigenvalue weighted by atomic mass is 32.2. The second-order valence-corrected chi connectivity index (χ2v) is 8.90. The summed E-state index contributed by atoms with van der Waals surface area (Å²) < 4.78 is 27.7. The number of hydrogen-bond donors (Lipinski definition) is 0. The minimum Gasteiger partial charge on any atom is -0.300 e. The van der Waals surface area contributed by atoms with E-state index in [1.165, 1.54) is 5.56 Å². The zero-order valence-corrected chi connectivity index (χ0v) is 15.0. The molecule has 25 heavy (non-hydrogen) atoms. The van der Waals surface area contributed by atoms with Gasteiger partial charge in [-0.1, -0.05) is 42.0 Å². The van der Waals surface area contributed by atoms with Crippen LogP contribution in [0.4, 0.5) is 0 Å². The average molecular weight is 355 g/mol. The van der Waals surface area contributed by atoms with E-state index < -0.39 is 10.0 Å². The van der Waals surface area contributed by atoms with Gasteiger partial charge in [0, 0.05) is 24.9 Å². The summed E-state index contributed by atoms with van der Waals surface area (Å²) in [4.78, 5) is 12.1. The molecule has 0 aliphatic carbocycles. The summed E-state index contributed by atoms with van der Waals surface area (Å²) in [6, 6.07) is 14.9. The van der Waals surface area contributed by atoms with Crippen LogP contribution in [-0.4, -0.2) is 30.6 Å². The molecule has 4 rings (SSSR count). The maximum Gasteiger partial charge on any atom is 0.243 e. The Morgan fingerprint density at radius 3 is 1.84 bits per heavy atom. The molecule has 0 saturated carbocycles. The number of Topliss-reactive ketones (excluding diaryl/α,β-unsaturated/α-hetero) is 1. The van der Waals surface area contributed by atoms with Gasteiger partial charge in [-0.15, -0.1) is 0 Å². The maximum atomic E-state index is 13.1. The van der Waals surface area contributed by atoms with E-state index in [4.69, 9.17) is 0 Å². The number of benzene rings is 2. The van der Waals surface area contributed by atoms with Crippen LogP contribution in [-0.2, 0) is 14.8 Å². The summed E-state index contributed by atoms with van der Waals surface area (Å²) in [5.74, 6) is 0.189. The molecule has 2 unspecified atom stereocenters. The lowest BCUT2D eigenvalue weighted by Gasteiger charge is -2.32. The van der Waals surface area contributed by atoms with Crippen molar-refractivity contribution in [2.75, 3.05) is 0 Å². The Balaban J connectivity index is 1.63. The first-order chi connectivity index (χ1) is 11.9. The van der Waals surface area contributed by atoms with Crippen LogP contribution in [0.3, 0.4) is 0 Å². The normalized spacial score (nSPS) is 23.8. The SMILES string of the molecule is Cc1ccc(-c2ccc(S(=O)(=O)N3C4CCC3CC(=O)C4)cc2)cc1. The Labute approximate surface area is 148 Å². The number of aryl methyl sites for hydroxylation is 1. The third-order valence-electron chi connectivity index (χ3n) is 5.29. The van der Waals surface area contributed by atoms with Gasteiger partial charge in [0.2, 0.25) is 10.0 Å². The van der Waals surface area contributed by atoms with Crippen molar-refractivity contribution in [2.24, 2.45) is 0 Å². The van der Waals surface area contributed by atoms with Crippen molar-refractivity contribution >= 4 is 15.8 Å². The van der Waals surface area contributed by atoms with E-state index in [2.05, 4.69) is 0 Å². The van der Waals surface area contributed by atoms with E-state index in [1.807, 2.05) is 43.3 Å². The summed E-state index contributed by atoms with van der Waals surface area (Å²) in [7, 11) is -3.55. The Morgan fingerprint density at radius 1 is 0.840 bits per heavy atom. The lowest BCUT2D eigenvalue weighted by Crippen LogP contribution is -2.46. The van der Waals surface area contributed by atoms with Crippen LogP contribution in [0.25, 0.3) is 11.1 Å². The summed E-state index contributed by atoms with van der Waals surface area (Å²) in [6.45, 7) is 2.04. The highest BCUT2D eigenvalue weighted by Gasteiger charge is 2.46. The number of nitrogens with zero attached hydrogens (tertiary/aromatic N) is 1. The molecule has 2 saturated heterocycles. The van der Waals surface area contributed by atoms with E-state index in [1.54, 1.807) is 16.4 Å². The molecule has 0 N–H and O–H groups in total. The number of fused-ring (bicyclic) bond motifs is 2. The zero-order chi connectivity index (χ0) is 17.6. The minimum atomic E-state index is -3.55. The molecule has 130 valence electrons. The molecule has 2 aliphatic heterocycles. The zero-order valence-electron chi connectivity index (χ0n) is 14.2. The number of ketones is 1. The second-order valence-electron chi connectivity index (χ2n) is 7.06. The molecule has 5 heteroatoms. The van der Waals surface area contributed by atoms with Crippen molar-refractivity contribution in [1.82, 2.24) is 4.31 Å². The first kappa shape index (κ1) is 16.5. The third-order valence-corrected chi connectivity index (χ3v) is 7.31. The molecule has 2 aliphatic rings. The number of carbonyl (C=O) groups is 1. The molecule has 2 aromatic carbocycles. The molecule has 0 aromatic heterocycles. The highest BCUT2D eigenvalue weighted by molar-refractivity contribution is 7.89. The van der Waals surface area contributed by atoms with Crippen LogP contribution in [0.5, 0.6) is 0 Å². The fourth-order valence-corrected chi connectivity index (χ4v) is 5.88. The Morgan fingerprint density at radius 2 is 1.32 bits per heavy atom. The van der Waals surface area contributed by atoms with E-state index in [0.29, 0.717) is 17.7 Å². The van der Waals surface area contributed by atoms with Gasteiger partial charge in [0.05, 0.1) is 4.90 Å².